The molecule has 0 fully saturated rings. The number of carboxylic acids is 1. The average Bonchev–Trinajstić information content (AvgIpc) is 2.78. The van der Waals surface area contributed by atoms with Crippen molar-refractivity contribution in [3.63, 3.8) is 0 Å². The zero-order valence-electron chi connectivity index (χ0n) is 11.9. The Kier molecular flexibility index (Phi) is 4.28. The van der Waals surface area contributed by atoms with E-state index in [0.717, 1.165) is 10.4 Å². The van der Waals surface area contributed by atoms with Crippen LogP contribution >= 0.6 is 11.3 Å². The van der Waals surface area contributed by atoms with Gasteiger partial charge in [0, 0.05) is 16.6 Å². The van der Waals surface area contributed by atoms with Crippen molar-refractivity contribution in [3.05, 3.63) is 45.1 Å². The van der Waals surface area contributed by atoms with Crippen molar-refractivity contribution in [1.82, 2.24) is 0 Å². The van der Waals surface area contributed by atoms with E-state index in [-0.39, 0.29) is 17.2 Å². The van der Waals surface area contributed by atoms with Crippen molar-refractivity contribution in [2.45, 2.75) is 13.8 Å². The first-order valence-electron chi connectivity index (χ1n) is 6.22. The van der Waals surface area contributed by atoms with Gasteiger partial charge in [0.1, 0.15) is 11.3 Å². The Morgan fingerprint density at radius 3 is 2.48 bits per heavy atom. The molecule has 2 rings (SSSR count). The molecule has 110 valence electrons. The van der Waals surface area contributed by atoms with E-state index in [1.165, 1.54) is 36.6 Å². The molecular weight excluding hydrogens is 290 g/mol. The second-order valence-electron chi connectivity index (χ2n) is 4.52. The summed E-state index contributed by atoms with van der Waals surface area (Å²) >= 11 is 1.42. The van der Waals surface area contributed by atoms with Gasteiger partial charge in [-0.1, -0.05) is 0 Å². The van der Waals surface area contributed by atoms with Crippen LogP contribution in [-0.2, 0) is 0 Å². The predicted molar refractivity (Wildman–Crippen MR) is 81.7 cm³/mol. The predicted octanol–water partition coefficient (Wildman–Crippen LogP) is 3.32. The average molecular weight is 305 g/mol. The minimum Gasteiger partial charge on any atom is -0.496 e. The minimum atomic E-state index is -1.07. The van der Waals surface area contributed by atoms with Crippen LogP contribution in [0, 0.1) is 13.8 Å². The Balaban J connectivity index is 2.23. The summed E-state index contributed by atoms with van der Waals surface area (Å²) in [4.78, 5) is 24.9. The smallest absolute Gasteiger partial charge is 0.339 e. The summed E-state index contributed by atoms with van der Waals surface area (Å²) in [6.45, 7) is 3.91. The number of amides is 1. The van der Waals surface area contributed by atoms with Gasteiger partial charge >= 0.3 is 5.97 Å². The molecule has 0 aliphatic carbocycles. The zero-order valence-corrected chi connectivity index (χ0v) is 12.7. The number of thiophene rings is 1. The van der Waals surface area contributed by atoms with Gasteiger partial charge in [0.15, 0.2) is 0 Å². The summed E-state index contributed by atoms with van der Waals surface area (Å²) in [5.41, 5.74) is 1.62. The van der Waals surface area contributed by atoms with Crippen LogP contribution in [0.5, 0.6) is 5.75 Å². The van der Waals surface area contributed by atoms with Gasteiger partial charge in [0.25, 0.3) is 5.91 Å². The van der Waals surface area contributed by atoms with Crippen molar-refractivity contribution < 1.29 is 19.4 Å². The van der Waals surface area contributed by atoms with E-state index in [0.29, 0.717) is 10.6 Å². The van der Waals surface area contributed by atoms with Gasteiger partial charge in [-0.3, -0.25) is 4.79 Å². The third kappa shape index (κ3) is 3.22. The van der Waals surface area contributed by atoms with Crippen LogP contribution in [0.4, 0.5) is 5.69 Å². The first kappa shape index (κ1) is 15.1. The highest BCUT2D eigenvalue weighted by atomic mass is 32.1. The third-order valence-corrected chi connectivity index (χ3v) is 4.23. The van der Waals surface area contributed by atoms with Gasteiger partial charge in [0.2, 0.25) is 0 Å². The maximum absolute atomic E-state index is 12.1. The Hall–Kier alpha value is -2.34. The van der Waals surface area contributed by atoms with Crippen LogP contribution in [0.3, 0.4) is 0 Å². The number of aryl methyl sites for hydroxylation is 2. The highest BCUT2D eigenvalue weighted by Crippen LogP contribution is 2.25. The van der Waals surface area contributed by atoms with E-state index in [4.69, 9.17) is 9.84 Å². The quantitative estimate of drug-likeness (QED) is 0.908. The SMILES string of the molecule is COc1cc(NC(=O)c2cc(C)c(C)s2)ccc1C(=O)O. The fraction of sp³-hybridized carbons (Fsp3) is 0.200. The summed E-state index contributed by atoms with van der Waals surface area (Å²) in [6, 6.07) is 6.27. The molecule has 0 unspecified atom stereocenters. The number of hydrogen-bond acceptors (Lipinski definition) is 4. The van der Waals surface area contributed by atoms with Crippen molar-refractivity contribution in [1.29, 1.82) is 0 Å². The fourth-order valence-corrected chi connectivity index (χ4v) is 2.75. The summed E-state index contributed by atoms with van der Waals surface area (Å²) in [5, 5.41) is 11.8. The largest absolute Gasteiger partial charge is 0.496 e. The maximum Gasteiger partial charge on any atom is 0.339 e. The highest BCUT2D eigenvalue weighted by molar-refractivity contribution is 7.14. The van der Waals surface area contributed by atoms with Crippen LogP contribution < -0.4 is 10.1 Å². The van der Waals surface area contributed by atoms with Crippen LogP contribution in [-0.4, -0.2) is 24.1 Å². The molecule has 0 bridgehead atoms. The number of rotatable bonds is 4. The lowest BCUT2D eigenvalue weighted by atomic mass is 10.2. The van der Waals surface area contributed by atoms with Crippen molar-refractivity contribution >= 4 is 28.9 Å². The van der Waals surface area contributed by atoms with Gasteiger partial charge in [0.05, 0.1) is 12.0 Å². The van der Waals surface area contributed by atoms with E-state index >= 15 is 0 Å². The van der Waals surface area contributed by atoms with E-state index in [9.17, 15) is 9.59 Å². The van der Waals surface area contributed by atoms with Gasteiger partial charge in [-0.05, 0) is 37.6 Å². The number of benzene rings is 1. The fourth-order valence-electron chi connectivity index (χ4n) is 1.82. The second-order valence-corrected chi connectivity index (χ2v) is 5.78. The van der Waals surface area contributed by atoms with Crippen LogP contribution in [0.1, 0.15) is 30.5 Å². The molecule has 0 radical (unpaired) electrons. The van der Waals surface area contributed by atoms with Crippen molar-refractivity contribution in [3.8, 4) is 5.75 Å². The van der Waals surface area contributed by atoms with E-state index in [1.54, 1.807) is 0 Å². The van der Waals surface area contributed by atoms with E-state index in [2.05, 4.69) is 5.32 Å². The Morgan fingerprint density at radius 2 is 1.95 bits per heavy atom. The molecule has 0 spiro atoms. The Morgan fingerprint density at radius 1 is 1.24 bits per heavy atom. The first-order valence-corrected chi connectivity index (χ1v) is 7.03. The second kappa shape index (κ2) is 5.97. The number of hydrogen-bond donors (Lipinski definition) is 2. The lowest BCUT2D eigenvalue weighted by Crippen LogP contribution is -2.11. The lowest BCUT2D eigenvalue weighted by Gasteiger charge is -2.08. The van der Waals surface area contributed by atoms with Crippen LogP contribution in [0.15, 0.2) is 24.3 Å². The molecule has 2 aromatic rings. The molecule has 0 saturated heterocycles. The molecule has 1 amide bonds. The van der Waals surface area contributed by atoms with Crippen molar-refractivity contribution in [2.75, 3.05) is 12.4 Å². The molecule has 0 saturated carbocycles. The minimum absolute atomic E-state index is 0.0540. The molecule has 2 N–H and O–H groups in total. The van der Waals surface area contributed by atoms with Crippen LogP contribution in [0.2, 0.25) is 0 Å². The number of carbonyl (C=O) groups excluding carboxylic acids is 1. The molecule has 1 aromatic heterocycles. The summed E-state index contributed by atoms with van der Waals surface area (Å²) < 4.78 is 5.03. The Bertz CT molecular complexity index is 686. The number of methoxy groups -OCH3 is 1. The molecule has 1 heterocycles. The standard InChI is InChI=1S/C15H15NO4S/c1-8-6-13(21-9(8)2)14(17)16-10-4-5-11(15(18)19)12(7-10)20-3/h4-7H,1-3H3,(H,16,17)(H,18,19). The number of carbonyl (C=O) groups is 2. The first-order chi connectivity index (χ1) is 9.92. The van der Waals surface area contributed by atoms with Gasteiger partial charge < -0.3 is 15.2 Å². The highest BCUT2D eigenvalue weighted by Gasteiger charge is 2.14. The zero-order chi connectivity index (χ0) is 15.6. The van der Waals surface area contributed by atoms with Gasteiger partial charge in [-0.25, -0.2) is 4.79 Å². The molecular formula is C15H15NO4S. The lowest BCUT2D eigenvalue weighted by molar-refractivity contribution is 0.0693. The van der Waals surface area contributed by atoms with E-state index < -0.39 is 5.97 Å². The number of aromatic carboxylic acids is 1. The summed E-state index contributed by atoms with van der Waals surface area (Å²) in [5.74, 6) is -1.09. The molecule has 21 heavy (non-hydrogen) atoms. The molecule has 0 aliphatic rings. The van der Waals surface area contributed by atoms with Gasteiger partial charge in [-0.15, -0.1) is 11.3 Å². The molecule has 1 aromatic carbocycles. The van der Waals surface area contributed by atoms with E-state index in [1.807, 2.05) is 19.9 Å². The Labute approximate surface area is 126 Å². The number of carboxylic acid groups (broad SMARTS) is 1. The topological polar surface area (TPSA) is 75.6 Å². The summed E-state index contributed by atoms with van der Waals surface area (Å²) in [6.07, 6.45) is 0. The number of ether oxygens (including phenoxy) is 1. The molecule has 6 heteroatoms. The summed E-state index contributed by atoms with van der Waals surface area (Å²) in [7, 11) is 1.39. The third-order valence-electron chi connectivity index (χ3n) is 3.08. The van der Waals surface area contributed by atoms with Crippen LogP contribution in [0.25, 0.3) is 0 Å². The molecule has 0 atom stereocenters. The number of nitrogens with one attached hydrogen (secondary N) is 1. The number of anilines is 1. The normalized spacial score (nSPS) is 10.2. The monoisotopic (exact) mass is 305 g/mol. The molecule has 0 aliphatic heterocycles. The molecule has 5 nitrogen and oxygen atoms in total. The van der Waals surface area contributed by atoms with Crippen molar-refractivity contribution in [2.24, 2.45) is 0 Å². The maximum atomic E-state index is 12.1. The van der Waals surface area contributed by atoms with Gasteiger partial charge in [-0.2, -0.15) is 0 Å².